The lowest BCUT2D eigenvalue weighted by molar-refractivity contribution is -0.385. The summed E-state index contributed by atoms with van der Waals surface area (Å²) in [6, 6.07) is 4.67. The van der Waals surface area contributed by atoms with Gasteiger partial charge < -0.3 is 10.5 Å². The van der Waals surface area contributed by atoms with Gasteiger partial charge in [-0.25, -0.2) is 0 Å². The summed E-state index contributed by atoms with van der Waals surface area (Å²) >= 11 is 0. The van der Waals surface area contributed by atoms with Crippen molar-refractivity contribution in [3.05, 3.63) is 40.5 Å². The average Bonchev–Trinajstić information content (AvgIpc) is 2.28. The Morgan fingerprint density at radius 3 is 2.81 bits per heavy atom. The maximum Gasteiger partial charge on any atom is 0.310 e. The molecule has 0 bridgehead atoms. The van der Waals surface area contributed by atoms with Crippen molar-refractivity contribution in [2.45, 2.75) is 6.42 Å². The normalized spacial score (nSPS) is 9.88. The number of ether oxygens (including phenoxy) is 1. The van der Waals surface area contributed by atoms with Crippen LogP contribution in [0, 0.1) is 10.1 Å². The molecule has 0 aromatic heterocycles. The van der Waals surface area contributed by atoms with Gasteiger partial charge in [-0.05, 0) is 36.2 Å². The molecule has 5 heteroatoms. The molecule has 16 heavy (non-hydrogen) atoms. The minimum absolute atomic E-state index is 0.0493. The van der Waals surface area contributed by atoms with Crippen LogP contribution in [0.1, 0.15) is 12.0 Å². The van der Waals surface area contributed by atoms with Gasteiger partial charge in [0, 0.05) is 6.07 Å². The lowest BCUT2D eigenvalue weighted by Gasteiger charge is -2.07. The molecule has 86 valence electrons. The number of hydrogen-bond acceptors (Lipinski definition) is 4. The van der Waals surface area contributed by atoms with Crippen LogP contribution >= 0.6 is 0 Å². The van der Waals surface area contributed by atoms with Gasteiger partial charge in [0.05, 0.1) is 12.0 Å². The topological polar surface area (TPSA) is 78.4 Å². The minimum atomic E-state index is -0.478. The van der Waals surface area contributed by atoms with Gasteiger partial charge in [-0.1, -0.05) is 6.58 Å². The molecule has 0 heterocycles. The fourth-order valence-electron chi connectivity index (χ4n) is 1.37. The summed E-state index contributed by atoms with van der Waals surface area (Å²) in [6.45, 7) is 4.36. The van der Waals surface area contributed by atoms with Crippen molar-refractivity contribution in [1.29, 1.82) is 0 Å². The first-order chi connectivity index (χ1) is 7.60. The third-order valence-electron chi connectivity index (χ3n) is 2.23. The molecule has 0 saturated heterocycles. The molecule has 2 N–H and O–H groups in total. The van der Waals surface area contributed by atoms with Gasteiger partial charge in [0.15, 0.2) is 5.75 Å². The summed E-state index contributed by atoms with van der Waals surface area (Å²) in [5.74, 6) is 0.237. The summed E-state index contributed by atoms with van der Waals surface area (Å²) in [7, 11) is 1.40. The van der Waals surface area contributed by atoms with Gasteiger partial charge in [-0.2, -0.15) is 0 Å². The van der Waals surface area contributed by atoms with Crippen molar-refractivity contribution >= 4 is 11.3 Å². The van der Waals surface area contributed by atoms with Gasteiger partial charge in [0.1, 0.15) is 0 Å². The van der Waals surface area contributed by atoms with Crippen LogP contribution in [-0.2, 0) is 0 Å². The molecular weight excluding hydrogens is 208 g/mol. The van der Waals surface area contributed by atoms with Crippen molar-refractivity contribution in [2.24, 2.45) is 5.73 Å². The number of rotatable bonds is 5. The van der Waals surface area contributed by atoms with Crippen LogP contribution < -0.4 is 10.5 Å². The van der Waals surface area contributed by atoms with E-state index in [9.17, 15) is 10.1 Å². The summed E-state index contributed by atoms with van der Waals surface area (Å²) in [6.07, 6.45) is 0.654. The highest BCUT2D eigenvalue weighted by molar-refractivity contribution is 5.67. The fourth-order valence-corrected chi connectivity index (χ4v) is 1.37. The van der Waals surface area contributed by atoms with E-state index in [2.05, 4.69) is 6.58 Å². The number of benzene rings is 1. The summed E-state index contributed by atoms with van der Waals surface area (Å²) in [5.41, 5.74) is 7.02. The Kier molecular flexibility index (Phi) is 4.02. The van der Waals surface area contributed by atoms with Crippen LogP contribution in [0.4, 0.5) is 5.69 Å². The molecule has 0 aliphatic rings. The second-order valence-corrected chi connectivity index (χ2v) is 3.29. The molecule has 5 nitrogen and oxygen atoms in total. The molecule has 0 aliphatic carbocycles. The van der Waals surface area contributed by atoms with Crippen LogP contribution in [0.2, 0.25) is 0 Å². The minimum Gasteiger partial charge on any atom is -0.490 e. The molecule has 0 amide bonds. The van der Waals surface area contributed by atoms with E-state index >= 15 is 0 Å². The van der Waals surface area contributed by atoms with E-state index in [-0.39, 0.29) is 11.4 Å². The fraction of sp³-hybridized carbons (Fsp3) is 0.273. The van der Waals surface area contributed by atoms with Crippen molar-refractivity contribution in [3.8, 4) is 5.75 Å². The quantitative estimate of drug-likeness (QED) is 0.610. The number of methoxy groups -OCH3 is 1. The SMILES string of the molecule is C=C(CCN)c1ccc([N+](=O)[O-])c(OC)c1. The first kappa shape index (κ1) is 12.2. The zero-order chi connectivity index (χ0) is 12.1. The van der Waals surface area contributed by atoms with E-state index in [1.165, 1.54) is 13.2 Å². The molecule has 0 radical (unpaired) electrons. The molecule has 1 aromatic carbocycles. The summed E-state index contributed by atoms with van der Waals surface area (Å²) < 4.78 is 4.96. The van der Waals surface area contributed by atoms with Crippen molar-refractivity contribution in [2.75, 3.05) is 13.7 Å². The summed E-state index contributed by atoms with van der Waals surface area (Å²) in [4.78, 5) is 10.2. The van der Waals surface area contributed by atoms with Crippen LogP contribution in [0.25, 0.3) is 5.57 Å². The van der Waals surface area contributed by atoms with Gasteiger partial charge >= 0.3 is 5.69 Å². The van der Waals surface area contributed by atoms with E-state index in [0.29, 0.717) is 13.0 Å². The van der Waals surface area contributed by atoms with Gasteiger partial charge in [-0.3, -0.25) is 10.1 Å². The van der Waals surface area contributed by atoms with E-state index in [1.807, 2.05) is 0 Å². The Hall–Kier alpha value is -1.88. The Labute approximate surface area is 93.7 Å². The first-order valence-corrected chi connectivity index (χ1v) is 4.80. The largest absolute Gasteiger partial charge is 0.490 e. The van der Waals surface area contributed by atoms with E-state index in [0.717, 1.165) is 11.1 Å². The molecule has 1 aromatic rings. The lowest BCUT2D eigenvalue weighted by atomic mass is 10.0. The third kappa shape index (κ3) is 2.58. The predicted molar refractivity (Wildman–Crippen MR) is 62.4 cm³/mol. The van der Waals surface area contributed by atoms with E-state index in [4.69, 9.17) is 10.5 Å². The standard InChI is InChI=1S/C11H14N2O3/c1-8(5-6-12)9-3-4-10(13(14)15)11(7-9)16-2/h3-4,7H,1,5-6,12H2,2H3. The van der Waals surface area contributed by atoms with Crippen molar-refractivity contribution in [1.82, 2.24) is 0 Å². The molecule has 0 atom stereocenters. The molecule has 0 aliphatic heterocycles. The monoisotopic (exact) mass is 222 g/mol. The van der Waals surface area contributed by atoms with Crippen LogP contribution in [0.15, 0.2) is 24.8 Å². The number of hydrogen-bond donors (Lipinski definition) is 1. The first-order valence-electron chi connectivity index (χ1n) is 4.80. The maximum atomic E-state index is 10.7. The Balaban J connectivity index is 3.08. The molecule has 1 rings (SSSR count). The second-order valence-electron chi connectivity index (χ2n) is 3.29. The second kappa shape index (κ2) is 5.27. The van der Waals surface area contributed by atoms with Gasteiger partial charge in [0.2, 0.25) is 0 Å². The molecule has 0 saturated carbocycles. The highest BCUT2D eigenvalue weighted by Crippen LogP contribution is 2.30. The smallest absolute Gasteiger partial charge is 0.310 e. The van der Waals surface area contributed by atoms with Crippen LogP contribution in [0.3, 0.4) is 0 Å². The van der Waals surface area contributed by atoms with Crippen molar-refractivity contribution < 1.29 is 9.66 Å². The predicted octanol–water partition coefficient (Wildman–Crippen LogP) is 1.97. The Morgan fingerprint density at radius 2 is 2.31 bits per heavy atom. The van der Waals surface area contributed by atoms with Crippen LogP contribution in [0.5, 0.6) is 5.75 Å². The highest BCUT2D eigenvalue weighted by Gasteiger charge is 2.15. The number of nitrogens with two attached hydrogens (primary N) is 1. The van der Waals surface area contributed by atoms with Gasteiger partial charge in [0.25, 0.3) is 0 Å². The molecule has 0 fully saturated rings. The zero-order valence-electron chi connectivity index (χ0n) is 9.10. The highest BCUT2D eigenvalue weighted by atomic mass is 16.6. The van der Waals surface area contributed by atoms with E-state index in [1.54, 1.807) is 12.1 Å². The molecular formula is C11H14N2O3. The number of nitro groups is 1. The van der Waals surface area contributed by atoms with Gasteiger partial charge in [-0.15, -0.1) is 0 Å². The zero-order valence-corrected chi connectivity index (χ0v) is 9.10. The Bertz CT molecular complexity index is 416. The molecule has 0 spiro atoms. The number of nitro benzene ring substituents is 1. The Morgan fingerprint density at radius 1 is 1.62 bits per heavy atom. The number of nitrogens with zero attached hydrogens (tertiary/aromatic N) is 1. The molecule has 0 unspecified atom stereocenters. The summed E-state index contributed by atoms with van der Waals surface area (Å²) in [5, 5.41) is 10.7. The maximum absolute atomic E-state index is 10.7. The average molecular weight is 222 g/mol. The van der Waals surface area contributed by atoms with Crippen molar-refractivity contribution in [3.63, 3.8) is 0 Å². The van der Waals surface area contributed by atoms with E-state index < -0.39 is 4.92 Å². The lowest BCUT2D eigenvalue weighted by Crippen LogP contribution is -2.00. The third-order valence-corrected chi connectivity index (χ3v) is 2.23. The van der Waals surface area contributed by atoms with Crippen LogP contribution in [-0.4, -0.2) is 18.6 Å².